The predicted octanol–water partition coefficient (Wildman–Crippen LogP) is 0.941. The van der Waals surface area contributed by atoms with Crippen molar-refractivity contribution in [2.24, 2.45) is 0 Å². The lowest BCUT2D eigenvalue weighted by Crippen LogP contribution is -2.13. The van der Waals surface area contributed by atoms with E-state index in [1.807, 2.05) is 19.1 Å². The summed E-state index contributed by atoms with van der Waals surface area (Å²) in [7, 11) is 0. The molecule has 0 saturated heterocycles. The smallest absolute Gasteiger partial charge is 0.305 e. The number of hydrogen-bond donors (Lipinski definition) is 2. The van der Waals surface area contributed by atoms with Gasteiger partial charge in [-0.3, -0.25) is 4.79 Å². The molecule has 2 rings (SSSR count). The number of fused-ring (bicyclic) bond motifs is 1. The zero-order valence-corrected chi connectivity index (χ0v) is 10.7. The van der Waals surface area contributed by atoms with Crippen molar-refractivity contribution in [1.82, 2.24) is 14.6 Å². The Morgan fingerprint density at radius 2 is 2.32 bits per heavy atom. The molecule has 0 spiro atoms. The van der Waals surface area contributed by atoms with E-state index in [9.17, 15) is 4.79 Å². The first-order valence-electron chi connectivity index (χ1n) is 6.00. The van der Waals surface area contributed by atoms with Crippen LogP contribution in [0.5, 0.6) is 0 Å². The van der Waals surface area contributed by atoms with Gasteiger partial charge in [0.1, 0.15) is 12.1 Å². The topological polar surface area (TPSA) is 88.8 Å². The number of carboxylic acid groups (broad SMARTS) is 1. The summed E-state index contributed by atoms with van der Waals surface area (Å²) < 4.78 is 6.91. The minimum absolute atomic E-state index is 0.0256. The van der Waals surface area contributed by atoms with E-state index in [-0.39, 0.29) is 13.0 Å². The summed E-state index contributed by atoms with van der Waals surface area (Å²) in [6, 6.07) is 3.92. The lowest BCUT2D eigenvalue weighted by Gasteiger charge is -2.09. The van der Waals surface area contributed by atoms with Crippen molar-refractivity contribution in [2.45, 2.75) is 13.3 Å². The molecule has 0 aliphatic carbocycles. The molecule has 2 aromatic heterocycles. The van der Waals surface area contributed by atoms with Gasteiger partial charge in [-0.05, 0) is 24.6 Å². The molecule has 0 amide bonds. The summed E-state index contributed by atoms with van der Waals surface area (Å²) in [5.74, 6) is -0.00898. The third kappa shape index (κ3) is 3.65. The number of pyridine rings is 1. The van der Waals surface area contributed by atoms with Crippen molar-refractivity contribution in [2.75, 3.05) is 25.1 Å². The van der Waals surface area contributed by atoms with E-state index in [0.717, 1.165) is 17.0 Å². The van der Waals surface area contributed by atoms with E-state index in [2.05, 4.69) is 15.4 Å². The molecule has 0 aliphatic heterocycles. The number of hydrogen-bond acceptors (Lipinski definition) is 5. The molecule has 0 atom stereocenters. The molecule has 0 aliphatic rings. The fraction of sp³-hybridized carbons (Fsp3) is 0.417. The number of rotatable bonds is 7. The first kappa shape index (κ1) is 13.3. The summed E-state index contributed by atoms with van der Waals surface area (Å²) in [4.78, 5) is 14.4. The molecular formula is C12H16N4O3. The number of nitrogens with one attached hydrogen (secondary N) is 1. The molecule has 0 saturated carbocycles. The van der Waals surface area contributed by atoms with Crippen molar-refractivity contribution in [3.63, 3.8) is 0 Å². The van der Waals surface area contributed by atoms with Crippen LogP contribution >= 0.6 is 0 Å². The number of ether oxygens (including phenoxy) is 1. The van der Waals surface area contributed by atoms with Gasteiger partial charge in [-0.15, -0.1) is 0 Å². The van der Waals surface area contributed by atoms with E-state index in [1.165, 1.54) is 6.33 Å². The van der Waals surface area contributed by atoms with Gasteiger partial charge in [0.15, 0.2) is 5.65 Å². The standard InChI is InChI=1S/C12H16N4O3/c1-9-6-10(16-11(7-9)14-8-15-16)13-3-5-19-4-2-12(17)18/h6-8,13H,2-5H2,1H3,(H,17,18). The molecule has 2 heterocycles. The largest absolute Gasteiger partial charge is 0.481 e. The van der Waals surface area contributed by atoms with E-state index >= 15 is 0 Å². The minimum atomic E-state index is -0.851. The van der Waals surface area contributed by atoms with Crippen LogP contribution in [0.1, 0.15) is 12.0 Å². The lowest BCUT2D eigenvalue weighted by molar-refractivity contribution is -0.138. The third-order valence-corrected chi connectivity index (χ3v) is 2.54. The molecule has 2 N–H and O–H groups in total. The minimum Gasteiger partial charge on any atom is -0.481 e. The quantitative estimate of drug-likeness (QED) is 0.723. The van der Waals surface area contributed by atoms with Crippen molar-refractivity contribution in [1.29, 1.82) is 0 Å². The Kier molecular flexibility index (Phi) is 4.30. The zero-order valence-electron chi connectivity index (χ0n) is 10.7. The second-order valence-electron chi connectivity index (χ2n) is 4.13. The maximum atomic E-state index is 10.3. The molecule has 102 valence electrons. The molecule has 0 aromatic carbocycles. The van der Waals surface area contributed by atoms with Crippen LogP contribution < -0.4 is 5.32 Å². The lowest BCUT2D eigenvalue weighted by atomic mass is 10.3. The molecule has 0 fully saturated rings. The molecule has 2 aromatic rings. The van der Waals surface area contributed by atoms with Gasteiger partial charge in [-0.2, -0.15) is 9.61 Å². The zero-order chi connectivity index (χ0) is 13.7. The van der Waals surface area contributed by atoms with Crippen LogP contribution in [0, 0.1) is 6.92 Å². The Balaban J connectivity index is 1.84. The van der Waals surface area contributed by atoms with Crippen LogP contribution in [0.25, 0.3) is 5.65 Å². The average Bonchev–Trinajstić information content (AvgIpc) is 2.80. The fourth-order valence-corrected chi connectivity index (χ4v) is 1.70. The predicted molar refractivity (Wildman–Crippen MR) is 69.3 cm³/mol. The van der Waals surface area contributed by atoms with E-state index in [0.29, 0.717) is 13.2 Å². The van der Waals surface area contributed by atoms with Gasteiger partial charge in [0.25, 0.3) is 0 Å². The van der Waals surface area contributed by atoms with E-state index in [4.69, 9.17) is 9.84 Å². The molecule has 0 radical (unpaired) electrons. The molecule has 7 nitrogen and oxygen atoms in total. The van der Waals surface area contributed by atoms with Crippen LogP contribution in [0.3, 0.4) is 0 Å². The highest BCUT2D eigenvalue weighted by Gasteiger charge is 2.03. The number of nitrogens with zero attached hydrogens (tertiary/aromatic N) is 3. The molecule has 0 unspecified atom stereocenters. The second kappa shape index (κ2) is 6.14. The van der Waals surface area contributed by atoms with Gasteiger partial charge in [-0.25, -0.2) is 4.98 Å². The summed E-state index contributed by atoms with van der Waals surface area (Å²) in [6.45, 7) is 3.24. The molecular weight excluding hydrogens is 248 g/mol. The summed E-state index contributed by atoms with van der Waals surface area (Å²) >= 11 is 0. The van der Waals surface area contributed by atoms with Crippen LogP contribution in [0.15, 0.2) is 18.5 Å². The monoisotopic (exact) mass is 264 g/mol. The Hall–Kier alpha value is -2.15. The van der Waals surface area contributed by atoms with E-state index < -0.39 is 5.97 Å². The second-order valence-corrected chi connectivity index (χ2v) is 4.13. The van der Waals surface area contributed by atoms with Crippen LogP contribution in [-0.4, -0.2) is 45.4 Å². The van der Waals surface area contributed by atoms with Crippen LogP contribution in [0.4, 0.5) is 5.82 Å². The number of aliphatic carboxylic acids is 1. The van der Waals surface area contributed by atoms with Gasteiger partial charge in [0.05, 0.1) is 19.6 Å². The summed E-state index contributed by atoms with van der Waals surface area (Å²) in [6.07, 6.45) is 1.53. The molecule has 19 heavy (non-hydrogen) atoms. The van der Waals surface area contributed by atoms with E-state index in [1.54, 1.807) is 4.52 Å². The first-order chi connectivity index (χ1) is 9.16. The normalized spacial score (nSPS) is 10.8. The Bertz CT molecular complexity index is 567. The van der Waals surface area contributed by atoms with Crippen molar-refractivity contribution >= 4 is 17.4 Å². The van der Waals surface area contributed by atoms with Crippen LogP contribution in [0.2, 0.25) is 0 Å². The van der Waals surface area contributed by atoms with Crippen LogP contribution in [-0.2, 0) is 9.53 Å². The third-order valence-electron chi connectivity index (χ3n) is 2.54. The number of aryl methyl sites for hydroxylation is 1. The maximum absolute atomic E-state index is 10.3. The molecule has 7 heteroatoms. The number of carbonyl (C=O) groups is 1. The van der Waals surface area contributed by atoms with Gasteiger partial charge in [0.2, 0.25) is 0 Å². The fourth-order valence-electron chi connectivity index (χ4n) is 1.70. The number of aromatic nitrogens is 3. The van der Waals surface area contributed by atoms with Gasteiger partial charge in [0, 0.05) is 6.54 Å². The Morgan fingerprint density at radius 1 is 1.47 bits per heavy atom. The van der Waals surface area contributed by atoms with Crippen molar-refractivity contribution < 1.29 is 14.6 Å². The Morgan fingerprint density at radius 3 is 3.11 bits per heavy atom. The highest BCUT2D eigenvalue weighted by molar-refractivity contribution is 5.66. The Labute approximate surface area is 110 Å². The highest BCUT2D eigenvalue weighted by atomic mass is 16.5. The van der Waals surface area contributed by atoms with Gasteiger partial charge in [-0.1, -0.05) is 0 Å². The van der Waals surface area contributed by atoms with Crippen molar-refractivity contribution in [3.8, 4) is 0 Å². The first-order valence-corrected chi connectivity index (χ1v) is 6.00. The summed E-state index contributed by atoms with van der Waals surface area (Å²) in [5, 5.41) is 15.8. The molecule has 0 bridgehead atoms. The highest BCUT2D eigenvalue weighted by Crippen LogP contribution is 2.12. The number of carboxylic acids is 1. The summed E-state index contributed by atoms with van der Waals surface area (Å²) in [5.41, 5.74) is 1.88. The maximum Gasteiger partial charge on any atom is 0.305 e. The van der Waals surface area contributed by atoms with Crippen molar-refractivity contribution in [3.05, 3.63) is 24.0 Å². The van der Waals surface area contributed by atoms with Gasteiger partial charge >= 0.3 is 5.97 Å². The van der Waals surface area contributed by atoms with Gasteiger partial charge < -0.3 is 15.2 Å². The average molecular weight is 264 g/mol. The number of anilines is 1. The SMILES string of the molecule is Cc1cc(NCCOCCC(=O)O)n2ncnc2c1.